The molecule has 1 saturated carbocycles. The molecule has 3 heteroatoms. The molecule has 0 heterocycles. The van der Waals surface area contributed by atoms with Gasteiger partial charge in [0.15, 0.2) is 0 Å². The maximum atomic E-state index is 11.8. The van der Waals surface area contributed by atoms with E-state index in [0.717, 1.165) is 12.8 Å². The Bertz CT molecular complexity index is 507. The Kier molecular flexibility index (Phi) is 5.73. The molecule has 0 aliphatic heterocycles. The lowest BCUT2D eigenvalue weighted by Crippen LogP contribution is -2.23. The van der Waals surface area contributed by atoms with Gasteiger partial charge >= 0.3 is 0 Å². The Morgan fingerprint density at radius 2 is 2.14 bits per heavy atom. The first-order valence-electron chi connectivity index (χ1n) is 7.67. The summed E-state index contributed by atoms with van der Waals surface area (Å²) in [6, 6.07) is 10.1. The van der Waals surface area contributed by atoms with Crippen LogP contribution in [0.1, 0.15) is 31.7 Å². The highest BCUT2D eigenvalue weighted by Gasteiger charge is 2.25. The second-order valence-corrected chi connectivity index (χ2v) is 5.79. The predicted octanol–water partition coefficient (Wildman–Crippen LogP) is 2.91. The van der Waals surface area contributed by atoms with Gasteiger partial charge < -0.3 is 5.32 Å². The highest BCUT2D eigenvalue weighted by atomic mass is 16.1. The molecule has 1 aromatic carbocycles. The zero-order valence-electron chi connectivity index (χ0n) is 12.5. The van der Waals surface area contributed by atoms with E-state index in [1.807, 2.05) is 24.3 Å². The first-order valence-corrected chi connectivity index (χ1v) is 7.67. The Morgan fingerprint density at radius 3 is 2.81 bits per heavy atom. The van der Waals surface area contributed by atoms with Crippen LogP contribution in [0.5, 0.6) is 0 Å². The van der Waals surface area contributed by atoms with Gasteiger partial charge in [-0.25, -0.2) is 0 Å². The summed E-state index contributed by atoms with van der Waals surface area (Å²) in [4.78, 5) is 23.0. The molecule has 1 aliphatic rings. The van der Waals surface area contributed by atoms with Crippen LogP contribution in [0.4, 0.5) is 0 Å². The molecule has 1 N–H and O–H groups in total. The summed E-state index contributed by atoms with van der Waals surface area (Å²) >= 11 is 0. The standard InChI is InChI=1S/C18H23NO2/c1-14(16-8-9-17(20)13-16)7-10-18(21)19-12-11-15-5-3-2-4-6-15/h2-7,10,14,16H,8-9,11-13H2,1H3,(H,19,21)/b10-7+/t14-,16+/m1/s1. The van der Waals surface area contributed by atoms with Crippen molar-refractivity contribution < 1.29 is 9.59 Å². The summed E-state index contributed by atoms with van der Waals surface area (Å²) in [5.74, 6) is 0.997. The molecule has 21 heavy (non-hydrogen) atoms. The minimum atomic E-state index is -0.0536. The molecule has 2 rings (SSSR count). The summed E-state index contributed by atoms with van der Waals surface area (Å²) in [5, 5.41) is 2.89. The topological polar surface area (TPSA) is 46.2 Å². The molecule has 1 aromatic rings. The molecular formula is C18H23NO2. The van der Waals surface area contributed by atoms with Crippen molar-refractivity contribution >= 4 is 11.7 Å². The zero-order valence-corrected chi connectivity index (χ0v) is 12.5. The van der Waals surface area contributed by atoms with Gasteiger partial charge in [0.2, 0.25) is 5.91 Å². The molecule has 0 saturated heterocycles. The van der Waals surface area contributed by atoms with Crippen molar-refractivity contribution in [1.82, 2.24) is 5.32 Å². The van der Waals surface area contributed by atoms with E-state index in [4.69, 9.17) is 0 Å². The van der Waals surface area contributed by atoms with E-state index >= 15 is 0 Å². The number of nitrogens with one attached hydrogen (secondary N) is 1. The Balaban J connectivity index is 1.69. The van der Waals surface area contributed by atoms with Crippen LogP contribution in [-0.4, -0.2) is 18.2 Å². The van der Waals surface area contributed by atoms with Crippen LogP contribution < -0.4 is 5.32 Å². The van der Waals surface area contributed by atoms with Crippen molar-refractivity contribution in [3.05, 3.63) is 48.0 Å². The molecule has 1 aliphatic carbocycles. The molecule has 0 unspecified atom stereocenters. The van der Waals surface area contributed by atoms with E-state index in [9.17, 15) is 9.59 Å². The van der Waals surface area contributed by atoms with E-state index in [1.165, 1.54) is 5.56 Å². The van der Waals surface area contributed by atoms with Crippen molar-refractivity contribution in [1.29, 1.82) is 0 Å². The number of hydrogen-bond acceptors (Lipinski definition) is 2. The van der Waals surface area contributed by atoms with Crippen LogP contribution in [0.3, 0.4) is 0 Å². The normalized spacial score (nSPS) is 19.9. The number of benzene rings is 1. The summed E-state index contributed by atoms with van der Waals surface area (Å²) in [7, 11) is 0. The van der Waals surface area contributed by atoms with Crippen LogP contribution in [0.15, 0.2) is 42.5 Å². The van der Waals surface area contributed by atoms with Crippen molar-refractivity contribution in [3.63, 3.8) is 0 Å². The summed E-state index contributed by atoms with van der Waals surface area (Å²) in [6.45, 7) is 2.72. The van der Waals surface area contributed by atoms with Crippen molar-refractivity contribution in [2.75, 3.05) is 6.54 Å². The van der Waals surface area contributed by atoms with Gasteiger partial charge in [-0.15, -0.1) is 0 Å². The van der Waals surface area contributed by atoms with E-state index < -0.39 is 0 Å². The number of carbonyl (C=O) groups is 2. The zero-order chi connectivity index (χ0) is 15.1. The second-order valence-electron chi connectivity index (χ2n) is 5.79. The van der Waals surface area contributed by atoms with Gasteiger partial charge in [-0.1, -0.05) is 43.3 Å². The fourth-order valence-electron chi connectivity index (χ4n) is 2.72. The van der Waals surface area contributed by atoms with E-state index in [1.54, 1.807) is 6.08 Å². The van der Waals surface area contributed by atoms with Crippen molar-refractivity contribution in [3.8, 4) is 0 Å². The summed E-state index contributed by atoms with van der Waals surface area (Å²) in [5.41, 5.74) is 1.22. The van der Waals surface area contributed by atoms with Gasteiger partial charge in [0.05, 0.1) is 0 Å². The Hall–Kier alpha value is -1.90. The van der Waals surface area contributed by atoms with Crippen LogP contribution in [0, 0.1) is 11.8 Å². The molecule has 0 aromatic heterocycles. The SMILES string of the molecule is C[C@H](/C=C/C(=O)NCCc1ccccc1)[C@H]1CCC(=O)C1. The number of amides is 1. The van der Waals surface area contributed by atoms with Gasteiger partial charge in [0.1, 0.15) is 5.78 Å². The van der Waals surface area contributed by atoms with Gasteiger partial charge in [0, 0.05) is 19.4 Å². The average Bonchev–Trinajstić information content (AvgIpc) is 2.92. The monoisotopic (exact) mass is 285 g/mol. The lowest BCUT2D eigenvalue weighted by Gasteiger charge is -2.13. The molecule has 112 valence electrons. The molecule has 0 spiro atoms. The molecule has 1 amide bonds. The lowest BCUT2D eigenvalue weighted by atomic mass is 9.92. The third-order valence-corrected chi connectivity index (χ3v) is 4.13. The first kappa shape index (κ1) is 15.5. The number of rotatable bonds is 6. The quantitative estimate of drug-likeness (QED) is 0.817. The van der Waals surface area contributed by atoms with E-state index in [-0.39, 0.29) is 11.8 Å². The number of carbonyl (C=O) groups excluding carboxylic acids is 2. The lowest BCUT2D eigenvalue weighted by molar-refractivity contribution is -0.118. The molecule has 3 nitrogen and oxygen atoms in total. The van der Waals surface area contributed by atoms with Crippen LogP contribution in [0.25, 0.3) is 0 Å². The number of ketones is 1. The smallest absolute Gasteiger partial charge is 0.243 e. The van der Waals surface area contributed by atoms with E-state index in [2.05, 4.69) is 24.4 Å². The fraction of sp³-hybridized carbons (Fsp3) is 0.444. The number of hydrogen-bond donors (Lipinski definition) is 1. The molecule has 0 bridgehead atoms. The van der Waals surface area contributed by atoms with Gasteiger partial charge in [0.25, 0.3) is 0 Å². The second kappa shape index (κ2) is 7.77. The maximum absolute atomic E-state index is 11.8. The largest absolute Gasteiger partial charge is 0.352 e. The van der Waals surface area contributed by atoms with Crippen LogP contribution in [-0.2, 0) is 16.0 Å². The Morgan fingerprint density at radius 1 is 1.38 bits per heavy atom. The highest BCUT2D eigenvalue weighted by molar-refractivity contribution is 5.87. The maximum Gasteiger partial charge on any atom is 0.243 e. The van der Waals surface area contributed by atoms with Crippen molar-refractivity contribution in [2.24, 2.45) is 11.8 Å². The minimum Gasteiger partial charge on any atom is -0.352 e. The fourth-order valence-corrected chi connectivity index (χ4v) is 2.72. The van der Waals surface area contributed by atoms with Crippen molar-refractivity contribution in [2.45, 2.75) is 32.6 Å². The molecule has 0 radical (unpaired) electrons. The average molecular weight is 285 g/mol. The number of Topliss-reactive ketones (excluding diaryl/α,β-unsaturated/α-hetero) is 1. The molecule has 2 atom stereocenters. The van der Waals surface area contributed by atoms with E-state index in [0.29, 0.717) is 31.1 Å². The predicted molar refractivity (Wildman–Crippen MR) is 83.8 cm³/mol. The van der Waals surface area contributed by atoms with Crippen LogP contribution in [0.2, 0.25) is 0 Å². The Labute approximate surface area is 126 Å². The van der Waals surface area contributed by atoms with Gasteiger partial charge in [-0.05, 0) is 36.3 Å². The summed E-state index contributed by atoms with van der Waals surface area (Å²) < 4.78 is 0. The molecule has 1 fully saturated rings. The first-order chi connectivity index (χ1) is 10.1. The molecular weight excluding hydrogens is 262 g/mol. The minimum absolute atomic E-state index is 0.0536. The van der Waals surface area contributed by atoms with Crippen LogP contribution >= 0.6 is 0 Å². The van der Waals surface area contributed by atoms with Gasteiger partial charge in [-0.3, -0.25) is 9.59 Å². The number of allylic oxidation sites excluding steroid dienone is 1. The highest BCUT2D eigenvalue weighted by Crippen LogP contribution is 2.29. The van der Waals surface area contributed by atoms with Gasteiger partial charge in [-0.2, -0.15) is 0 Å². The third kappa shape index (κ3) is 5.18. The third-order valence-electron chi connectivity index (χ3n) is 4.13. The summed E-state index contributed by atoms with van der Waals surface area (Å²) in [6.07, 6.45) is 6.71.